The minimum Gasteiger partial charge on any atom is -0.310 e. The van der Waals surface area contributed by atoms with Crippen LogP contribution < -0.4 is 5.32 Å². The lowest BCUT2D eigenvalue weighted by Gasteiger charge is -2.23. The monoisotopic (exact) mass is 273 g/mol. The topological polar surface area (TPSA) is 12.0 Å². The molecule has 0 aliphatic heterocycles. The standard InChI is InChI=1S/C11H16BrNS/c1-2-6-13-9-4-3-5-10-8(9)7-11(12)14-10/h7,9,13H,2-6H2,1H3. The summed E-state index contributed by atoms with van der Waals surface area (Å²) < 4.78 is 1.28. The molecule has 0 saturated heterocycles. The van der Waals surface area contributed by atoms with Crippen LogP contribution >= 0.6 is 27.3 Å². The second-order valence-corrected chi connectivity index (χ2v) is 6.34. The van der Waals surface area contributed by atoms with Crippen LogP contribution in [-0.2, 0) is 6.42 Å². The molecule has 1 N–H and O–H groups in total. The number of hydrogen-bond donors (Lipinski definition) is 1. The van der Waals surface area contributed by atoms with Gasteiger partial charge in [0.05, 0.1) is 3.79 Å². The average molecular weight is 274 g/mol. The fraction of sp³-hybridized carbons (Fsp3) is 0.636. The lowest BCUT2D eigenvalue weighted by molar-refractivity contribution is 0.464. The average Bonchev–Trinajstić information content (AvgIpc) is 2.55. The van der Waals surface area contributed by atoms with Crippen molar-refractivity contribution < 1.29 is 0 Å². The minimum absolute atomic E-state index is 0.612. The summed E-state index contributed by atoms with van der Waals surface area (Å²) in [6.07, 6.45) is 5.13. The van der Waals surface area contributed by atoms with E-state index in [1.807, 2.05) is 11.3 Å². The van der Waals surface area contributed by atoms with Gasteiger partial charge in [-0.1, -0.05) is 6.92 Å². The molecule has 0 aromatic carbocycles. The van der Waals surface area contributed by atoms with E-state index in [0.29, 0.717) is 6.04 Å². The molecule has 1 unspecified atom stereocenters. The van der Waals surface area contributed by atoms with Crippen molar-refractivity contribution in [1.82, 2.24) is 5.32 Å². The Kier molecular flexibility index (Phi) is 3.63. The van der Waals surface area contributed by atoms with Crippen molar-refractivity contribution in [2.45, 2.75) is 38.6 Å². The number of halogens is 1. The van der Waals surface area contributed by atoms with Crippen LogP contribution in [0.25, 0.3) is 0 Å². The first-order valence-electron chi connectivity index (χ1n) is 5.32. The molecule has 3 heteroatoms. The number of aryl methyl sites for hydroxylation is 1. The zero-order valence-electron chi connectivity index (χ0n) is 8.48. The molecule has 0 amide bonds. The maximum absolute atomic E-state index is 3.63. The first-order chi connectivity index (χ1) is 6.81. The summed E-state index contributed by atoms with van der Waals surface area (Å²) in [6.45, 7) is 3.36. The zero-order valence-corrected chi connectivity index (χ0v) is 10.9. The molecule has 14 heavy (non-hydrogen) atoms. The lowest BCUT2D eigenvalue weighted by atomic mass is 9.94. The molecule has 1 heterocycles. The van der Waals surface area contributed by atoms with E-state index in [1.165, 1.54) is 29.5 Å². The quantitative estimate of drug-likeness (QED) is 0.881. The molecule has 1 aliphatic carbocycles. The minimum atomic E-state index is 0.612. The second-order valence-electron chi connectivity index (χ2n) is 3.83. The van der Waals surface area contributed by atoms with Crippen molar-refractivity contribution in [2.24, 2.45) is 0 Å². The maximum atomic E-state index is 3.63. The fourth-order valence-electron chi connectivity index (χ4n) is 2.05. The molecule has 1 aromatic heterocycles. The van der Waals surface area contributed by atoms with Crippen LogP contribution in [0.4, 0.5) is 0 Å². The Bertz CT molecular complexity index is 308. The number of thiophene rings is 1. The van der Waals surface area contributed by atoms with Gasteiger partial charge in [-0.2, -0.15) is 0 Å². The molecule has 2 rings (SSSR count). The van der Waals surface area contributed by atoms with Crippen LogP contribution in [0.1, 0.15) is 42.7 Å². The Morgan fingerprint density at radius 1 is 1.64 bits per heavy atom. The van der Waals surface area contributed by atoms with E-state index in [0.717, 1.165) is 6.54 Å². The van der Waals surface area contributed by atoms with Crippen molar-refractivity contribution in [3.8, 4) is 0 Å². The Morgan fingerprint density at radius 3 is 3.29 bits per heavy atom. The Hall–Kier alpha value is 0.140. The van der Waals surface area contributed by atoms with Gasteiger partial charge >= 0.3 is 0 Å². The molecular formula is C11H16BrNS. The van der Waals surface area contributed by atoms with E-state index in [2.05, 4.69) is 34.2 Å². The van der Waals surface area contributed by atoms with E-state index in [1.54, 1.807) is 10.4 Å². The number of nitrogens with one attached hydrogen (secondary N) is 1. The highest BCUT2D eigenvalue weighted by molar-refractivity contribution is 9.11. The highest BCUT2D eigenvalue weighted by atomic mass is 79.9. The van der Waals surface area contributed by atoms with E-state index in [9.17, 15) is 0 Å². The number of fused-ring (bicyclic) bond motifs is 1. The summed E-state index contributed by atoms with van der Waals surface area (Å²) in [5.74, 6) is 0. The van der Waals surface area contributed by atoms with Crippen molar-refractivity contribution in [3.05, 3.63) is 20.3 Å². The van der Waals surface area contributed by atoms with Crippen molar-refractivity contribution in [1.29, 1.82) is 0 Å². The third-order valence-electron chi connectivity index (χ3n) is 2.72. The van der Waals surface area contributed by atoms with Gasteiger partial charge in [0.15, 0.2) is 0 Å². The van der Waals surface area contributed by atoms with Gasteiger partial charge in [0.1, 0.15) is 0 Å². The molecule has 0 bridgehead atoms. The third kappa shape index (κ3) is 2.20. The Morgan fingerprint density at radius 2 is 2.50 bits per heavy atom. The van der Waals surface area contributed by atoms with E-state index >= 15 is 0 Å². The van der Waals surface area contributed by atoms with Crippen molar-refractivity contribution in [2.75, 3.05) is 6.54 Å². The van der Waals surface area contributed by atoms with Crippen molar-refractivity contribution >= 4 is 27.3 Å². The molecule has 0 saturated carbocycles. The highest BCUT2D eigenvalue weighted by Crippen LogP contribution is 2.37. The Labute approximate surface area is 98.0 Å². The SMILES string of the molecule is CCCNC1CCCc2sc(Br)cc21. The summed E-state index contributed by atoms with van der Waals surface area (Å²) in [7, 11) is 0. The molecule has 0 fully saturated rings. The van der Waals surface area contributed by atoms with Gasteiger partial charge in [0, 0.05) is 10.9 Å². The van der Waals surface area contributed by atoms with Crippen LogP contribution in [0.2, 0.25) is 0 Å². The summed E-state index contributed by atoms with van der Waals surface area (Å²) in [4.78, 5) is 1.58. The van der Waals surface area contributed by atoms with Crippen LogP contribution in [0.5, 0.6) is 0 Å². The van der Waals surface area contributed by atoms with Crippen molar-refractivity contribution in [3.63, 3.8) is 0 Å². The molecule has 78 valence electrons. The van der Waals surface area contributed by atoms with E-state index in [4.69, 9.17) is 0 Å². The van der Waals surface area contributed by atoms with Gasteiger partial charge < -0.3 is 5.32 Å². The first-order valence-corrected chi connectivity index (χ1v) is 6.93. The summed E-state index contributed by atoms with van der Waals surface area (Å²) in [5.41, 5.74) is 1.54. The van der Waals surface area contributed by atoms with Gasteiger partial charge in [0.25, 0.3) is 0 Å². The van der Waals surface area contributed by atoms with Crippen LogP contribution in [0.15, 0.2) is 9.85 Å². The lowest BCUT2D eigenvalue weighted by Crippen LogP contribution is -2.24. The molecule has 1 aromatic rings. The van der Waals surface area contributed by atoms with E-state index in [-0.39, 0.29) is 0 Å². The van der Waals surface area contributed by atoms with Crippen LogP contribution in [0.3, 0.4) is 0 Å². The predicted octanol–water partition coefficient (Wildman–Crippen LogP) is 3.89. The van der Waals surface area contributed by atoms with Crippen LogP contribution in [0, 0.1) is 0 Å². The largest absolute Gasteiger partial charge is 0.310 e. The first kappa shape index (κ1) is 10.7. The van der Waals surface area contributed by atoms with Gasteiger partial charge in [-0.3, -0.25) is 0 Å². The summed E-state index contributed by atoms with van der Waals surface area (Å²) >= 11 is 5.48. The second kappa shape index (κ2) is 4.77. The van der Waals surface area contributed by atoms with E-state index < -0.39 is 0 Å². The number of hydrogen-bond acceptors (Lipinski definition) is 2. The molecule has 1 atom stereocenters. The molecule has 1 aliphatic rings. The smallest absolute Gasteiger partial charge is 0.0704 e. The normalized spacial score (nSPS) is 20.9. The molecular weight excluding hydrogens is 258 g/mol. The summed E-state index contributed by atoms with van der Waals surface area (Å²) in [5, 5.41) is 3.63. The third-order valence-corrected chi connectivity index (χ3v) is 4.44. The predicted molar refractivity (Wildman–Crippen MR) is 66.0 cm³/mol. The molecule has 0 radical (unpaired) electrons. The summed E-state index contributed by atoms with van der Waals surface area (Å²) in [6, 6.07) is 2.91. The maximum Gasteiger partial charge on any atom is 0.0704 e. The highest BCUT2D eigenvalue weighted by Gasteiger charge is 2.21. The molecule has 1 nitrogen and oxygen atoms in total. The van der Waals surface area contributed by atoms with Gasteiger partial charge in [0.2, 0.25) is 0 Å². The Balaban J connectivity index is 2.13. The number of rotatable bonds is 3. The van der Waals surface area contributed by atoms with Gasteiger partial charge in [-0.15, -0.1) is 11.3 Å². The van der Waals surface area contributed by atoms with Gasteiger partial charge in [-0.05, 0) is 59.8 Å². The fourth-order valence-corrected chi connectivity index (χ4v) is 3.87. The zero-order chi connectivity index (χ0) is 9.97. The van der Waals surface area contributed by atoms with Gasteiger partial charge in [-0.25, -0.2) is 0 Å². The van der Waals surface area contributed by atoms with Crippen LogP contribution in [-0.4, -0.2) is 6.54 Å². The molecule has 0 spiro atoms.